The van der Waals surface area contributed by atoms with Gasteiger partial charge in [-0.3, -0.25) is 0 Å². The lowest BCUT2D eigenvalue weighted by molar-refractivity contribution is 0.480. The van der Waals surface area contributed by atoms with E-state index in [-0.39, 0.29) is 0 Å². The van der Waals surface area contributed by atoms with Crippen LogP contribution in [0.3, 0.4) is 0 Å². The van der Waals surface area contributed by atoms with Crippen molar-refractivity contribution in [2.24, 2.45) is 0 Å². The van der Waals surface area contributed by atoms with Crippen LogP contribution in [0.5, 0.6) is 11.5 Å². The van der Waals surface area contributed by atoms with E-state index in [1.54, 1.807) is 24.3 Å². The van der Waals surface area contributed by atoms with Crippen molar-refractivity contribution in [1.29, 1.82) is 5.26 Å². The van der Waals surface area contributed by atoms with E-state index in [0.29, 0.717) is 27.1 Å². The zero-order valence-electron chi connectivity index (χ0n) is 9.98. The molecule has 0 fully saturated rings. The molecule has 0 bridgehead atoms. The second-order valence-corrected chi connectivity index (χ2v) is 5.31. The second kappa shape index (κ2) is 6.21. The van der Waals surface area contributed by atoms with Crippen LogP contribution in [0.25, 0.3) is 0 Å². The third kappa shape index (κ3) is 3.16. The lowest BCUT2D eigenvalue weighted by atomic mass is 10.2. The van der Waals surface area contributed by atoms with E-state index in [4.69, 9.17) is 27.9 Å². The second-order valence-electron chi connectivity index (χ2n) is 3.62. The Kier molecular flexibility index (Phi) is 4.60. The summed E-state index contributed by atoms with van der Waals surface area (Å²) in [6.45, 7) is 0. The summed E-state index contributed by atoms with van der Waals surface area (Å²) in [5.41, 5.74) is 0.501. The van der Waals surface area contributed by atoms with Crippen molar-refractivity contribution in [3.63, 3.8) is 0 Å². The molecule has 0 saturated heterocycles. The highest BCUT2D eigenvalue weighted by atomic mass is 35.5. The van der Waals surface area contributed by atoms with Crippen molar-refractivity contribution in [3.05, 3.63) is 52.0 Å². The number of nitriles is 1. The topological polar surface area (TPSA) is 33.0 Å². The lowest BCUT2D eigenvalue weighted by Crippen LogP contribution is -1.91. The summed E-state index contributed by atoms with van der Waals surface area (Å²) in [6, 6.07) is 12.6. The van der Waals surface area contributed by atoms with Crippen molar-refractivity contribution in [2.75, 3.05) is 6.26 Å². The third-order valence-electron chi connectivity index (χ3n) is 2.43. The van der Waals surface area contributed by atoms with Crippen LogP contribution in [0.1, 0.15) is 5.56 Å². The first-order chi connectivity index (χ1) is 9.15. The highest BCUT2D eigenvalue weighted by molar-refractivity contribution is 7.98. The summed E-state index contributed by atoms with van der Waals surface area (Å²) < 4.78 is 5.70. The maximum atomic E-state index is 9.22. The van der Waals surface area contributed by atoms with Crippen LogP contribution in [-0.2, 0) is 0 Å². The quantitative estimate of drug-likeness (QED) is 0.714. The molecule has 0 radical (unpaired) electrons. The first kappa shape index (κ1) is 14.1. The zero-order valence-corrected chi connectivity index (χ0v) is 12.3. The fourth-order valence-corrected chi connectivity index (χ4v) is 2.56. The molecule has 2 rings (SSSR count). The molecule has 19 heavy (non-hydrogen) atoms. The minimum absolute atomic E-state index is 0.408. The van der Waals surface area contributed by atoms with E-state index in [9.17, 15) is 5.26 Å². The summed E-state index contributed by atoms with van der Waals surface area (Å²) in [4.78, 5) is 0.866. The van der Waals surface area contributed by atoms with Gasteiger partial charge < -0.3 is 4.74 Å². The molecule has 0 spiro atoms. The van der Waals surface area contributed by atoms with Gasteiger partial charge in [-0.05, 0) is 36.6 Å². The zero-order chi connectivity index (χ0) is 13.8. The molecule has 0 heterocycles. The average molecular weight is 310 g/mol. The molecule has 2 aromatic rings. The molecule has 0 saturated carbocycles. The van der Waals surface area contributed by atoms with Gasteiger partial charge in [0.25, 0.3) is 0 Å². The third-order valence-corrected chi connectivity index (χ3v) is 3.74. The van der Waals surface area contributed by atoms with Gasteiger partial charge in [-0.25, -0.2) is 0 Å². The molecule has 5 heteroatoms. The van der Waals surface area contributed by atoms with Crippen molar-refractivity contribution in [3.8, 4) is 17.6 Å². The number of hydrogen-bond donors (Lipinski definition) is 0. The Labute approximate surface area is 125 Å². The standard InChI is InChI=1S/C14H9Cl2NOS/c1-19-14-4-2-3-12(10(14)8-17)18-13-6-5-9(15)7-11(13)16/h2-7H,1H3. The van der Waals surface area contributed by atoms with Crippen LogP contribution in [0, 0.1) is 11.3 Å². The molecule has 0 atom stereocenters. The Morgan fingerprint density at radius 2 is 1.95 bits per heavy atom. The van der Waals surface area contributed by atoms with Crippen molar-refractivity contribution in [1.82, 2.24) is 0 Å². The Hall–Kier alpha value is -1.34. The molecule has 0 aliphatic heterocycles. The highest BCUT2D eigenvalue weighted by Gasteiger charge is 2.11. The number of nitrogens with zero attached hydrogens (tertiary/aromatic N) is 1. The summed E-state index contributed by atoms with van der Waals surface area (Å²) in [6.07, 6.45) is 1.91. The smallest absolute Gasteiger partial charge is 0.146 e. The average Bonchev–Trinajstić information content (AvgIpc) is 2.41. The monoisotopic (exact) mass is 309 g/mol. The Morgan fingerprint density at radius 1 is 1.16 bits per heavy atom. The summed E-state index contributed by atoms with van der Waals surface area (Å²) in [5.74, 6) is 0.958. The van der Waals surface area contributed by atoms with Gasteiger partial charge in [0.2, 0.25) is 0 Å². The number of hydrogen-bond acceptors (Lipinski definition) is 3. The van der Waals surface area contributed by atoms with Gasteiger partial charge in [0, 0.05) is 9.92 Å². The molecule has 96 valence electrons. The Morgan fingerprint density at radius 3 is 2.58 bits per heavy atom. The van der Waals surface area contributed by atoms with Gasteiger partial charge in [0.15, 0.2) is 0 Å². The molecular formula is C14H9Cl2NOS. The maximum Gasteiger partial charge on any atom is 0.146 e. The normalized spacial score (nSPS) is 10.0. The van der Waals surface area contributed by atoms with Gasteiger partial charge >= 0.3 is 0 Å². The number of halogens is 2. The molecule has 0 aliphatic carbocycles. The van der Waals surface area contributed by atoms with Crippen LogP contribution in [0.15, 0.2) is 41.3 Å². The number of benzene rings is 2. The van der Waals surface area contributed by atoms with E-state index in [0.717, 1.165) is 4.90 Å². The molecule has 0 aromatic heterocycles. The fourth-order valence-electron chi connectivity index (χ4n) is 1.55. The van der Waals surface area contributed by atoms with E-state index in [1.165, 1.54) is 11.8 Å². The fraction of sp³-hybridized carbons (Fsp3) is 0.0714. The van der Waals surface area contributed by atoms with Crippen molar-refractivity contribution in [2.45, 2.75) is 4.90 Å². The number of ether oxygens (including phenoxy) is 1. The predicted octanol–water partition coefficient (Wildman–Crippen LogP) is 5.38. The molecule has 0 amide bonds. The highest BCUT2D eigenvalue weighted by Crippen LogP contribution is 2.35. The Balaban J connectivity index is 2.41. The van der Waals surface area contributed by atoms with Crippen LogP contribution in [0.2, 0.25) is 10.0 Å². The van der Waals surface area contributed by atoms with Gasteiger partial charge in [0.1, 0.15) is 23.1 Å². The molecule has 0 unspecified atom stereocenters. The summed E-state index contributed by atoms with van der Waals surface area (Å²) in [5, 5.41) is 10.2. The first-order valence-corrected chi connectivity index (χ1v) is 7.33. The summed E-state index contributed by atoms with van der Waals surface area (Å²) >= 11 is 13.4. The van der Waals surface area contributed by atoms with Gasteiger partial charge in [-0.1, -0.05) is 29.3 Å². The minimum atomic E-state index is 0.408. The molecule has 2 aromatic carbocycles. The van der Waals surface area contributed by atoms with Crippen LogP contribution in [0.4, 0.5) is 0 Å². The number of thioether (sulfide) groups is 1. The van der Waals surface area contributed by atoms with Crippen molar-refractivity contribution >= 4 is 35.0 Å². The van der Waals surface area contributed by atoms with E-state index < -0.39 is 0 Å². The van der Waals surface area contributed by atoms with Gasteiger partial charge in [0.05, 0.1) is 5.02 Å². The first-order valence-electron chi connectivity index (χ1n) is 5.35. The van der Waals surface area contributed by atoms with Crippen LogP contribution >= 0.6 is 35.0 Å². The van der Waals surface area contributed by atoms with Crippen LogP contribution in [-0.4, -0.2) is 6.26 Å². The maximum absolute atomic E-state index is 9.22. The lowest BCUT2D eigenvalue weighted by Gasteiger charge is -2.11. The largest absolute Gasteiger partial charge is 0.454 e. The molecule has 2 nitrogen and oxygen atoms in total. The molecule has 0 N–H and O–H groups in total. The SMILES string of the molecule is CSc1cccc(Oc2ccc(Cl)cc2Cl)c1C#N. The van der Waals surface area contributed by atoms with Crippen molar-refractivity contribution < 1.29 is 4.74 Å². The Bertz CT molecular complexity index is 652. The predicted molar refractivity (Wildman–Crippen MR) is 79.5 cm³/mol. The molecular weight excluding hydrogens is 301 g/mol. The van der Waals surface area contributed by atoms with Gasteiger partial charge in [-0.15, -0.1) is 11.8 Å². The molecule has 0 aliphatic rings. The summed E-state index contributed by atoms with van der Waals surface area (Å²) in [7, 11) is 0. The van der Waals surface area contributed by atoms with E-state index in [2.05, 4.69) is 6.07 Å². The van der Waals surface area contributed by atoms with Gasteiger partial charge in [-0.2, -0.15) is 5.26 Å². The minimum Gasteiger partial charge on any atom is -0.454 e. The van der Waals surface area contributed by atoms with E-state index in [1.807, 2.05) is 18.4 Å². The van der Waals surface area contributed by atoms with E-state index >= 15 is 0 Å². The van der Waals surface area contributed by atoms with Crippen LogP contribution < -0.4 is 4.74 Å². The number of rotatable bonds is 3.